The fraction of sp³-hybridized carbons (Fsp3) is 0.294. The second-order valence-corrected chi connectivity index (χ2v) is 4.85. The lowest BCUT2D eigenvalue weighted by atomic mass is 9.95. The van der Waals surface area contributed by atoms with Crippen LogP contribution >= 0.6 is 0 Å². The van der Waals surface area contributed by atoms with E-state index < -0.39 is 0 Å². The summed E-state index contributed by atoms with van der Waals surface area (Å²) in [7, 11) is 0. The summed E-state index contributed by atoms with van der Waals surface area (Å²) in [5.74, 6) is 0. The Morgan fingerprint density at radius 2 is 2.06 bits per heavy atom. The summed E-state index contributed by atoms with van der Waals surface area (Å²) in [6.45, 7) is 6.54. The lowest BCUT2D eigenvalue weighted by Crippen LogP contribution is -1.91. The summed E-state index contributed by atoms with van der Waals surface area (Å²) in [6, 6.07) is 8.71. The van der Waals surface area contributed by atoms with Crippen LogP contribution in [0.2, 0.25) is 0 Å². The summed E-state index contributed by atoms with van der Waals surface area (Å²) in [5.41, 5.74) is 6.90. The van der Waals surface area contributed by atoms with Gasteiger partial charge in [0, 0.05) is 0 Å². The van der Waals surface area contributed by atoms with Gasteiger partial charge in [0.2, 0.25) is 0 Å². The molecule has 0 saturated carbocycles. The number of hydrogen-bond acceptors (Lipinski definition) is 0. The van der Waals surface area contributed by atoms with Gasteiger partial charge < -0.3 is 0 Å². The van der Waals surface area contributed by atoms with Crippen molar-refractivity contribution in [2.24, 2.45) is 0 Å². The number of hydrogen-bond donors (Lipinski definition) is 0. The zero-order chi connectivity index (χ0) is 12.3. The third-order valence-corrected chi connectivity index (χ3v) is 3.32. The molecule has 0 saturated heterocycles. The van der Waals surface area contributed by atoms with E-state index in [4.69, 9.17) is 0 Å². The van der Waals surface area contributed by atoms with Gasteiger partial charge in [-0.05, 0) is 55.9 Å². The van der Waals surface area contributed by atoms with Gasteiger partial charge in [0.15, 0.2) is 0 Å². The van der Waals surface area contributed by atoms with Gasteiger partial charge in [-0.15, -0.1) is 0 Å². The van der Waals surface area contributed by atoms with E-state index in [9.17, 15) is 0 Å². The fourth-order valence-electron chi connectivity index (χ4n) is 2.22. The maximum absolute atomic E-state index is 2.34. The highest BCUT2D eigenvalue weighted by Gasteiger charge is 2.03. The summed E-state index contributed by atoms with van der Waals surface area (Å²) >= 11 is 0. The summed E-state index contributed by atoms with van der Waals surface area (Å²) in [5, 5.41) is 0. The average molecular weight is 224 g/mol. The van der Waals surface area contributed by atoms with Gasteiger partial charge in [-0.2, -0.15) is 0 Å². The molecule has 0 heterocycles. The Kier molecular flexibility index (Phi) is 3.63. The lowest BCUT2D eigenvalue weighted by Gasteiger charge is -2.11. The first-order chi connectivity index (χ1) is 8.16. The van der Waals surface area contributed by atoms with Crippen LogP contribution in [0.15, 0.2) is 53.6 Å². The van der Waals surface area contributed by atoms with E-state index in [2.05, 4.69) is 63.3 Å². The Bertz CT molecular complexity index is 499. The molecule has 0 unspecified atom stereocenters. The molecule has 2 rings (SSSR count). The van der Waals surface area contributed by atoms with Gasteiger partial charge in [-0.3, -0.25) is 0 Å². The van der Waals surface area contributed by atoms with Crippen LogP contribution in [-0.2, 0) is 0 Å². The monoisotopic (exact) mass is 224 g/mol. The number of rotatable bonds is 2. The molecule has 0 aliphatic heterocycles. The highest BCUT2D eigenvalue weighted by molar-refractivity contribution is 5.67. The minimum Gasteiger partial charge on any atom is -0.0839 e. The second kappa shape index (κ2) is 5.18. The third kappa shape index (κ3) is 2.97. The first-order valence-electron chi connectivity index (χ1n) is 6.28. The van der Waals surface area contributed by atoms with Gasteiger partial charge in [-0.1, -0.05) is 48.1 Å². The van der Waals surface area contributed by atoms with Crippen molar-refractivity contribution < 1.29 is 0 Å². The Morgan fingerprint density at radius 1 is 1.24 bits per heavy atom. The Labute approximate surface area is 104 Å². The maximum Gasteiger partial charge on any atom is -0.0225 e. The van der Waals surface area contributed by atoms with Gasteiger partial charge in [0.05, 0.1) is 0 Å². The predicted molar refractivity (Wildman–Crippen MR) is 75.9 cm³/mol. The summed E-state index contributed by atoms with van der Waals surface area (Å²) in [6.07, 6.45) is 9.18. The second-order valence-electron chi connectivity index (χ2n) is 4.85. The molecule has 1 aliphatic carbocycles. The van der Waals surface area contributed by atoms with E-state index in [0.717, 1.165) is 0 Å². The molecule has 0 N–H and O–H groups in total. The summed E-state index contributed by atoms with van der Waals surface area (Å²) < 4.78 is 0. The van der Waals surface area contributed by atoms with Gasteiger partial charge in [0.1, 0.15) is 0 Å². The lowest BCUT2D eigenvalue weighted by molar-refractivity contribution is 0.969. The van der Waals surface area contributed by atoms with Crippen molar-refractivity contribution in [3.63, 3.8) is 0 Å². The Hall–Kier alpha value is -1.56. The zero-order valence-electron chi connectivity index (χ0n) is 11.0. The van der Waals surface area contributed by atoms with Gasteiger partial charge in [0.25, 0.3) is 0 Å². The van der Waals surface area contributed by atoms with Gasteiger partial charge in [-0.25, -0.2) is 0 Å². The quantitative estimate of drug-likeness (QED) is 0.658. The number of aryl methyl sites for hydroxylation is 1. The zero-order valence-corrected chi connectivity index (χ0v) is 11.0. The highest BCUT2D eigenvalue weighted by Crippen LogP contribution is 2.24. The molecular formula is C17H20. The molecule has 88 valence electrons. The van der Waals surface area contributed by atoms with E-state index in [0.29, 0.717) is 0 Å². The van der Waals surface area contributed by atoms with Crippen LogP contribution in [0.5, 0.6) is 0 Å². The first kappa shape index (κ1) is 11.9. The molecule has 0 nitrogen and oxygen atoms in total. The molecule has 1 aliphatic rings. The van der Waals surface area contributed by atoms with Crippen LogP contribution in [0, 0.1) is 6.92 Å². The Balaban J connectivity index is 2.31. The van der Waals surface area contributed by atoms with Gasteiger partial charge >= 0.3 is 0 Å². The van der Waals surface area contributed by atoms with Crippen molar-refractivity contribution in [1.29, 1.82) is 0 Å². The van der Waals surface area contributed by atoms with E-state index >= 15 is 0 Å². The van der Waals surface area contributed by atoms with Crippen LogP contribution in [0.25, 0.3) is 5.57 Å². The van der Waals surface area contributed by atoms with Crippen LogP contribution in [-0.4, -0.2) is 0 Å². The van der Waals surface area contributed by atoms with Crippen LogP contribution in [0.1, 0.15) is 37.8 Å². The first-order valence-corrected chi connectivity index (χ1v) is 6.28. The van der Waals surface area contributed by atoms with Crippen molar-refractivity contribution in [3.05, 3.63) is 64.8 Å². The fourth-order valence-corrected chi connectivity index (χ4v) is 2.22. The predicted octanol–water partition coefficient (Wildman–Crippen LogP) is 5.06. The van der Waals surface area contributed by atoms with E-state index in [-0.39, 0.29) is 0 Å². The van der Waals surface area contributed by atoms with Crippen LogP contribution < -0.4 is 0 Å². The molecule has 0 radical (unpaired) electrons. The minimum absolute atomic E-state index is 1.17. The van der Waals surface area contributed by atoms with Crippen molar-refractivity contribution in [3.8, 4) is 0 Å². The van der Waals surface area contributed by atoms with Crippen molar-refractivity contribution >= 4 is 5.57 Å². The number of benzene rings is 1. The average Bonchev–Trinajstić information content (AvgIpc) is 2.32. The Morgan fingerprint density at radius 3 is 2.76 bits per heavy atom. The molecule has 0 heteroatoms. The SMILES string of the molecule is CC1=C(/C=C(\C)c2cccc(C)c2)CCC=C1. The van der Waals surface area contributed by atoms with Crippen molar-refractivity contribution in [2.45, 2.75) is 33.6 Å². The molecule has 0 amide bonds. The smallest absolute Gasteiger partial charge is 0.0225 e. The summed E-state index contributed by atoms with van der Waals surface area (Å²) in [4.78, 5) is 0. The molecule has 1 aromatic carbocycles. The standard InChI is InChI=1S/C17H20/c1-13-7-6-10-16(11-13)15(3)12-17-9-5-4-8-14(17)2/h4,6-8,10-12H,5,9H2,1-3H3/b15-12+. The largest absolute Gasteiger partial charge is 0.0839 e. The molecular weight excluding hydrogens is 204 g/mol. The van der Waals surface area contributed by atoms with E-state index in [1.54, 1.807) is 0 Å². The molecule has 0 spiro atoms. The normalized spacial score (nSPS) is 16.5. The van der Waals surface area contributed by atoms with E-state index in [1.807, 2.05) is 0 Å². The molecule has 0 bridgehead atoms. The molecule has 0 aromatic heterocycles. The molecule has 0 fully saturated rings. The van der Waals surface area contributed by atoms with Crippen LogP contribution in [0.3, 0.4) is 0 Å². The molecule has 17 heavy (non-hydrogen) atoms. The molecule has 1 aromatic rings. The molecule has 0 atom stereocenters. The van der Waals surface area contributed by atoms with Crippen molar-refractivity contribution in [2.75, 3.05) is 0 Å². The minimum atomic E-state index is 1.17. The highest BCUT2D eigenvalue weighted by atomic mass is 14.1. The van der Waals surface area contributed by atoms with Crippen molar-refractivity contribution in [1.82, 2.24) is 0 Å². The number of allylic oxidation sites excluding steroid dienone is 6. The van der Waals surface area contributed by atoms with E-state index in [1.165, 1.54) is 40.7 Å². The maximum atomic E-state index is 2.34. The topological polar surface area (TPSA) is 0 Å². The third-order valence-electron chi connectivity index (χ3n) is 3.32. The van der Waals surface area contributed by atoms with Crippen LogP contribution in [0.4, 0.5) is 0 Å².